The van der Waals surface area contributed by atoms with E-state index in [9.17, 15) is 5.11 Å². The second-order valence-electron chi connectivity index (χ2n) is 4.38. The molecular formula is C14H13ClN4O. The molecule has 3 aromatic rings. The van der Waals surface area contributed by atoms with E-state index in [1.54, 1.807) is 10.9 Å². The Kier molecular flexibility index (Phi) is 3.38. The Morgan fingerprint density at radius 3 is 2.75 bits per heavy atom. The van der Waals surface area contributed by atoms with Gasteiger partial charge in [-0.15, -0.1) is 0 Å². The number of aliphatic hydroxyl groups is 1. The van der Waals surface area contributed by atoms with E-state index in [1.165, 1.54) is 6.20 Å². The van der Waals surface area contributed by atoms with Crippen LogP contribution in [0.3, 0.4) is 0 Å². The molecule has 0 saturated carbocycles. The first-order valence-corrected chi connectivity index (χ1v) is 6.69. The van der Waals surface area contributed by atoms with Crippen LogP contribution in [0.2, 0.25) is 5.02 Å². The summed E-state index contributed by atoms with van der Waals surface area (Å²) in [5.74, 6) is 0. The van der Waals surface area contributed by atoms with E-state index in [1.807, 2.05) is 31.2 Å². The van der Waals surface area contributed by atoms with Crippen LogP contribution in [0.25, 0.3) is 11.0 Å². The lowest BCUT2D eigenvalue weighted by Gasteiger charge is -2.13. The van der Waals surface area contributed by atoms with Crippen LogP contribution in [-0.4, -0.2) is 24.9 Å². The van der Waals surface area contributed by atoms with Crippen molar-refractivity contribution < 1.29 is 5.11 Å². The number of benzene rings is 1. The molecule has 0 radical (unpaired) electrons. The molecule has 5 nitrogen and oxygen atoms in total. The van der Waals surface area contributed by atoms with E-state index in [0.29, 0.717) is 23.0 Å². The largest absolute Gasteiger partial charge is 0.380 e. The Morgan fingerprint density at radius 1 is 1.25 bits per heavy atom. The van der Waals surface area contributed by atoms with E-state index in [0.717, 1.165) is 11.0 Å². The molecule has 1 unspecified atom stereocenters. The van der Waals surface area contributed by atoms with Gasteiger partial charge < -0.3 is 5.11 Å². The zero-order chi connectivity index (χ0) is 14.1. The summed E-state index contributed by atoms with van der Waals surface area (Å²) in [4.78, 5) is 8.74. The van der Waals surface area contributed by atoms with Gasteiger partial charge in [-0.2, -0.15) is 5.10 Å². The first-order valence-electron chi connectivity index (χ1n) is 6.31. The van der Waals surface area contributed by atoms with Crippen molar-refractivity contribution >= 4 is 22.6 Å². The average Bonchev–Trinajstić information content (AvgIpc) is 2.87. The van der Waals surface area contributed by atoms with E-state index in [-0.39, 0.29) is 0 Å². The first-order chi connectivity index (χ1) is 9.70. The third kappa shape index (κ3) is 2.15. The molecule has 0 saturated heterocycles. The van der Waals surface area contributed by atoms with Crippen molar-refractivity contribution in [3.8, 4) is 0 Å². The maximum absolute atomic E-state index is 10.5. The highest BCUT2D eigenvalue weighted by molar-refractivity contribution is 6.31. The zero-order valence-corrected chi connectivity index (χ0v) is 11.6. The molecule has 1 atom stereocenters. The molecule has 0 amide bonds. The van der Waals surface area contributed by atoms with Crippen molar-refractivity contribution in [2.75, 3.05) is 0 Å². The van der Waals surface area contributed by atoms with Crippen molar-refractivity contribution in [3.63, 3.8) is 0 Å². The second-order valence-corrected chi connectivity index (χ2v) is 4.79. The molecule has 0 spiro atoms. The maximum Gasteiger partial charge on any atom is 0.141 e. The van der Waals surface area contributed by atoms with Gasteiger partial charge in [0.2, 0.25) is 0 Å². The standard InChI is InChI=1S/C14H13ClN4O/c1-2-19-13(9(15)7-17-19)14(20)12-8-16-10-5-3-4-6-11(10)18-12/h3-8,14,20H,2H2,1H3. The number of halogens is 1. The molecule has 0 aliphatic carbocycles. The molecule has 1 N–H and O–H groups in total. The highest BCUT2D eigenvalue weighted by atomic mass is 35.5. The second kappa shape index (κ2) is 5.19. The lowest BCUT2D eigenvalue weighted by Crippen LogP contribution is -2.11. The van der Waals surface area contributed by atoms with Crippen molar-refractivity contribution in [2.24, 2.45) is 0 Å². The van der Waals surface area contributed by atoms with Gasteiger partial charge in [0.1, 0.15) is 6.10 Å². The number of hydrogen-bond donors (Lipinski definition) is 1. The molecule has 3 rings (SSSR count). The number of para-hydroxylation sites is 2. The number of rotatable bonds is 3. The maximum atomic E-state index is 10.5. The van der Waals surface area contributed by atoms with Gasteiger partial charge in [-0.25, -0.2) is 4.98 Å². The average molecular weight is 289 g/mol. The summed E-state index contributed by atoms with van der Waals surface area (Å²) in [5.41, 5.74) is 2.53. The zero-order valence-electron chi connectivity index (χ0n) is 10.9. The minimum Gasteiger partial charge on any atom is -0.380 e. The normalized spacial score (nSPS) is 12.8. The van der Waals surface area contributed by atoms with Crippen molar-refractivity contribution in [1.29, 1.82) is 0 Å². The molecular weight excluding hydrogens is 276 g/mol. The highest BCUT2D eigenvalue weighted by Gasteiger charge is 2.21. The van der Waals surface area contributed by atoms with Gasteiger partial charge in [-0.05, 0) is 19.1 Å². The molecule has 0 fully saturated rings. The summed E-state index contributed by atoms with van der Waals surface area (Å²) in [6.07, 6.45) is 2.15. The molecule has 0 aliphatic heterocycles. The van der Waals surface area contributed by atoms with Gasteiger partial charge in [0.15, 0.2) is 0 Å². The van der Waals surface area contributed by atoms with Gasteiger partial charge in [0.25, 0.3) is 0 Å². The third-order valence-corrected chi connectivity index (χ3v) is 3.43. The molecule has 6 heteroatoms. The monoisotopic (exact) mass is 288 g/mol. The van der Waals surface area contributed by atoms with Crippen molar-refractivity contribution in [1.82, 2.24) is 19.7 Å². The summed E-state index contributed by atoms with van der Waals surface area (Å²) in [6.45, 7) is 2.56. The number of fused-ring (bicyclic) bond motifs is 1. The molecule has 2 heterocycles. The number of aromatic nitrogens is 4. The van der Waals surface area contributed by atoms with Crippen LogP contribution >= 0.6 is 11.6 Å². The fourth-order valence-electron chi connectivity index (χ4n) is 2.14. The Labute approximate surface area is 120 Å². The first kappa shape index (κ1) is 13.0. The van der Waals surface area contributed by atoms with Gasteiger partial charge in [-0.1, -0.05) is 23.7 Å². The summed E-state index contributed by atoms with van der Waals surface area (Å²) in [7, 11) is 0. The van der Waals surface area contributed by atoms with E-state index >= 15 is 0 Å². The van der Waals surface area contributed by atoms with Gasteiger partial charge in [0.05, 0.1) is 39.8 Å². The predicted octanol–water partition coefficient (Wildman–Crippen LogP) is 2.58. The van der Waals surface area contributed by atoms with E-state index < -0.39 is 6.10 Å². The smallest absolute Gasteiger partial charge is 0.141 e. The van der Waals surface area contributed by atoms with Crippen LogP contribution in [0, 0.1) is 0 Å². The van der Waals surface area contributed by atoms with Gasteiger partial charge >= 0.3 is 0 Å². The molecule has 1 aromatic carbocycles. The Bertz CT molecular complexity index is 756. The number of aliphatic hydroxyl groups excluding tert-OH is 1. The number of nitrogens with zero attached hydrogens (tertiary/aromatic N) is 4. The molecule has 0 bridgehead atoms. The lowest BCUT2D eigenvalue weighted by molar-refractivity contribution is 0.203. The van der Waals surface area contributed by atoms with Crippen LogP contribution in [0.4, 0.5) is 0 Å². The van der Waals surface area contributed by atoms with Crippen LogP contribution < -0.4 is 0 Å². The van der Waals surface area contributed by atoms with Crippen LogP contribution in [-0.2, 0) is 6.54 Å². The fraction of sp³-hybridized carbons (Fsp3) is 0.214. The van der Waals surface area contributed by atoms with E-state index in [4.69, 9.17) is 11.6 Å². The van der Waals surface area contributed by atoms with Crippen LogP contribution in [0.5, 0.6) is 0 Å². The van der Waals surface area contributed by atoms with Gasteiger partial charge in [0, 0.05) is 6.54 Å². The van der Waals surface area contributed by atoms with Crippen molar-refractivity contribution in [2.45, 2.75) is 19.6 Å². The molecule has 102 valence electrons. The summed E-state index contributed by atoms with van der Waals surface area (Å²) >= 11 is 6.10. The Hall–Kier alpha value is -1.98. The van der Waals surface area contributed by atoms with Crippen LogP contribution in [0.1, 0.15) is 24.4 Å². The lowest BCUT2D eigenvalue weighted by atomic mass is 10.2. The highest BCUT2D eigenvalue weighted by Crippen LogP contribution is 2.27. The Morgan fingerprint density at radius 2 is 2.00 bits per heavy atom. The summed E-state index contributed by atoms with van der Waals surface area (Å²) < 4.78 is 1.66. The topological polar surface area (TPSA) is 63.8 Å². The predicted molar refractivity (Wildman–Crippen MR) is 76.5 cm³/mol. The number of hydrogen-bond acceptors (Lipinski definition) is 4. The van der Waals surface area contributed by atoms with E-state index in [2.05, 4.69) is 15.1 Å². The fourth-order valence-corrected chi connectivity index (χ4v) is 2.38. The summed E-state index contributed by atoms with van der Waals surface area (Å²) in [6, 6.07) is 7.52. The quantitative estimate of drug-likeness (QED) is 0.804. The molecule has 2 aromatic heterocycles. The molecule has 0 aliphatic rings. The SMILES string of the molecule is CCn1ncc(Cl)c1C(O)c1cnc2ccccc2n1. The van der Waals surface area contributed by atoms with Crippen molar-refractivity contribution in [3.05, 3.63) is 53.1 Å². The van der Waals surface area contributed by atoms with Crippen LogP contribution in [0.15, 0.2) is 36.7 Å². The third-order valence-electron chi connectivity index (χ3n) is 3.14. The molecule has 20 heavy (non-hydrogen) atoms. The van der Waals surface area contributed by atoms with Gasteiger partial charge in [-0.3, -0.25) is 9.67 Å². The minimum atomic E-state index is -0.943. The summed E-state index contributed by atoms with van der Waals surface area (Å²) in [5, 5.41) is 15.0. The Balaban J connectivity index is 2.07. The minimum absolute atomic E-state index is 0.425. The number of aryl methyl sites for hydroxylation is 1.